The first kappa shape index (κ1) is 22.6. The predicted octanol–water partition coefficient (Wildman–Crippen LogP) is 4.76. The molecule has 0 amide bonds. The minimum atomic E-state index is -0.659. The summed E-state index contributed by atoms with van der Waals surface area (Å²) in [5.41, 5.74) is -0.659. The number of carbonyl (C=O) groups excluding carboxylic acids is 2. The lowest BCUT2D eigenvalue weighted by atomic mass is 9.88. The molecule has 0 fully saturated rings. The summed E-state index contributed by atoms with van der Waals surface area (Å²) in [6, 6.07) is 0. The van der Waals surface area contributed by atoms with Crippen molar-refractivity contribution >= 4 is 11.8 Å². The van der Waals surface area contributed by atoms with Gasteiger partial charge in [-0.1, -0.05) is 57.3 Å². The van der Waals surface area contributed by atoms with Gasteiger partial charge in [-0.2, -0.15) is 0 Å². The van der Waals surface area contributed by atoms with Gasteiger partial charge in [0.25, 0.3) is 0 Å². The summed E-state index contributed by atoms with van der Waals surface area (Å²) in [4.78, 5) is 23.2. The maximum Gasteiger partial charge on any atom is 0.305 e. The molecule has 1 rings (SSSR count). The van der Waals surface area contributed by atoms with Crippen LogP contribution >= 0.6 is 0 Å². The number of aliphatic hydroxyl groups is 1. The van der Waals surface area contributed by atoms with Gasteiger partial charge in [-0.25, -0.2) is 0 Å². The van der Waals surface area contributed by atoms with Gasteiger partial charge in [0, 0.05) is 18.3 Å². The summed E-state index contributed by atoms with van der Waals surface area (Å²) in [6.45, 7) is 4.01. The van der Waals surface area contributed by atoms with Crippen LogP contribution in [0.1, 0.15) is 78.1 Å². The van der Waals surface area contributed by atoms with Crippen LogP contribution in [0.5, 0.6) is 0 Å². The standard InChI is InChI=1S/C22H36O4/c1-4-5-16-22(2,25)17-10-11-18-14-15-20(23)19(18)12-8-6-7-9-13-21(24)26-3/h10-11,14-15,18-19,25H,4-9,12-13,16-17H2,1-3H3/b11-10+/t18-,19+,22+/m1/s1. The highest BCUT2D eigenvalue weighted by Crippen LogP contribution is 2.29. The Hall–Kier alpha value is -1.42. The third-order valence-electron chi connectivity index (χ3n) is 5.17. The number of hydrogen-bond acceptors (Lipinski definition) is 4. The van der Waals surface area contributed by atoms with E-state index < -0.39 is 5.60 Å². The lowest BCUT2D eigenvalue weighted by molar-refractivity contribution is -0.140. The Kier molecular flexibility index (Phi) is 10.5. The third-order valence-corrected chi connectivity index (χ3v) is 5.17. The van der Waals surface area contributed by atoms with E-state index in [9.17, 15) is 14.7 Å². The second kappa shape index (κ2) is 12.1. The number of carbonyl (C=O) groups is 2. The molecule has 26 heavy (non-hydrogen) atoms. The van der Waals surface area contributed by atoms with E-state index in [1.54, 1.807) is 6.08 Å². The minimum absolute atomic E-state index is 0.0347. The highest BCUT2D eigenvalue weighted by Gasteiger charge is 2.27. The van der Waals surface area contributed by atoms with Gasteiger partial charge in [0.15, 0.2) is 5.78 Å². The molecule has 148 valence electrons. The largest absolute Gasteiger partial charge is 0.469 e. The normalized spacial score (nSPS) is 22.1. The van der Waals surface area contributed by atoms with Gasteiger partial charge in [-0.3, -0.25) is 9.59 Å². The second-order valence-corrected chi connectivity index (χ2v) is 7.71. The second-order valence-electron chi connectivity index (χ2n) is 7.71. The molecule has 0 aromatic carbocycles. The maximum absolute atomic E-state index is 12.1. The molecule has 0 aromatic rings. The minimum Gasteiger partial charge on any atom is -0.469 e. The fourth-order valence-electron chi connectivity index (χ4n) is 3.41. The van der Waals surface area contributed by atoms with Crippen molar-refractivity contribution in [1.82, 2.24) is 0 Å². The topological polar surface area (TPSA) is 63.6 Å². The van der Waals surface area contributed by atoms with Gasteiger partial charge in [-0.15, -0.1) is 0 Å². The van der Waals surface area contributed by atoms with E-state index in [4.69, 9.17) is 0 Å². The van der Waals surface area contributed by atoms with Crippen LogP contribution in [0.4, 0.5) is 0 Å². The summed E-state index contributed by atoms with van der Waals surface area (Å²) < 4.78 is 4.63. The molecule has 0 saturated heterocycles. The molecule has 0 heterocycles. The Morgan fingerprint density at radius 2 is 2.00 bits per heavy atom. The van der Waals surface area contributed by atoms with E-state index in [1.165, 1.54) is 7.11 Å². The SMILES string of the molecule is CCCC[C@](C)(O)C/C=C/[C@@H]1C=CC(=O)[C@H]1CCCCCCC(=O)OC. The van der Waals surface area contributed by atoms with Gasteiger partial charge in [0.05, 0.1) is 12.7 Å². The van der Waals surface area contributed by atoms with E-state index in [-0.39, 0.29) is 23.6 Å². The molecule has 1 aliphatic rings. The summed E-state index contributed by atoms with van der Waals surface area (Å²) in [7, 11) is 1.41. The van der Waals surface area contributed by atoms with Crippen molar-refractivity contribution < 1.29 is 19.4 Å². The van der Waals surface area contributed by atoms with Crippen molar-refractivity contribution in [2.75, 3.05) is 7.11 Å². The Morgan fingerprint density at radius 3 is 2.69 bits per heavy atom. The van der Waals surface area contributed by atoms with Gasteiger partial charge in [0.1, 0.15) is 0 Å². The molecule has 3 atom stereocenters. The van der Waals surface area contributed by atoms with Crippen LogP contribution in [0.3, 0.4) is 0 Å². The predicted molar refractivity (Wildman–Crippen MR) is 105 cm³/mol. The van der Waals surface area contributed by atoms with Gasteiger partial charge in [0.2, 0.25) is 0 Å². The Balaban J connectivity index is 2.32. The molecule has 0 unspecified atom stereocenters. The van der Waals surface area contributed by atoms with Crippen LogP contribution in [-0.4, -0.2) is 29.6 Å². The van der Waals surface area contributed by atoms with Gasteiger partial charge < -0.3 is 9.84 Å². The fourth-order valence-corrected chi connectivity index (χ4v) is 3.41. The fraction of sp³-hybridized carbons (Fsp3) is 0.727. The molecule has 0 aliphatic heterocycles. The number of ether oxygens (including phenoxy) is 1. The average molecular weight is 365 g/mol. The molecule has 4 nitrogen and oxygen atoms in total. The number of rotatable bonds is 13. The van der Waals surface area contributed by atoms with Crippen LogP contribution in [-0.2, 0) is 14.3 Å². The summed E-state index contributed by atoms with van der Waals surface area (Å²) in [5.74, 6) is 0.249. The van der Waals surface area contributed by atoms with Crippen molar-refractivity contribution in [3.63, 3.8) is 0 Å². The van der Waals surface area contributed by atoms with E-state index in [2.05, 4.69) is 17.7 Å². The van der Waals surface area contributed by atoms with Crippen LogP contribution in [0.2, 0.25) is 0 Å². The zero-order valence-electron chi connectivity index (χ0n) is 16.7. The van der Waals surface area contributed by atoms with E-state index in [0.29, 0.717) is 12.8 Å². The maximum atomic E-state index is 12.1. The van der Waals surface area contributed by atoms with Crippen LogP contribution in [0, 0.1) is 11.8 Å². The first-order valence-electron chi connectivity index (χ1n) is 10.1. The first-order chi connectivity index (χ1) is 12.4. The first-order valence-corrected chi connectivity index (χ1v) is 10.1. The highest BCUT2D eigenvalue weighted by molar-refractivity contribution is 5.94. The molecule has 0 spiro atoms. The summed E-state index contributed by atoms with van der Waals surface area (Å²) >= 11 is 0. The Bertz CT molecular complexity index is 490. The number of methoxy groups -OCH3 is 1. The molecule has 0 saturated carbocycles. The Morgan fingerprint density at radius 1 is 1.27 bits per heavy atom. The lowest BCUT2D eigenvalue weighted by Crippen LogP contribution is -2.22. The number of hydrogen-bond donors (Lipinski definition) is 1. The van der Waals surface area contributed by atoms with E-state index in [0.717, 1.165) is 51.4 Å². The summed E-state index contributed by atoms with van der Waals surface area (Å²) in [6.07, 6.45) is 16.6. The number of unbranched alkanes of at least 4 members (excludes halogenated alkanes) is 4. The molecule has 0 aromatic heterocycles. The smallest absolute Gasteiger partial charge is 0.305 e. The zero-order chi connectivity index (χ0) is 19.4. The van der Waals surface area contributed by atoms with Crippen LogP contribution in [0.25, 0.3) is 0 Å². The average Bonchev–Trinajstić information content (AvgIpc) is 2.96. The molecular formula is C22H36O4. The van der Waals surface area contributed by atoms with Gasteiger partial charge >= 0.3 is 5.97 Å². The number of allylic oxidation sites excluding steroid dienone is 3. The van der Waals surface area contributed by atoms with Crippen molar-refractivity contribution in [1.29, 1.82) is 0 Å². The molecule has 4 heteroatoms. The lowest BCUT2D eigenvalue weighted by Gasteiger charge is -2.21. The quantitative estimate of drug-likeness (QED) is 0.291. The number of esters is 1. The zero-order valence-corrected chi connectivity index (χ0v) is 16.7. The van der Waals surface area contributed by atoms with Crippen molar-refractivity contribution in [2.24, 2.45) is 11.8 Å². The van der Waals surface area contributed by atoms with Crippen molar-refractivity contribution in [3.05, 3.63) is 24.3 Å². The molecule has 1 N–H and O–H groups in total. The van der Waals surface area contributed by atoms with E-state index in [1.807, 2.05) is 19.1 Å². The molecule has 0 bridgehead atoms. The van der Waals surface area contributed by atoms with Gasteiger partial charge in [-0.05, 0) is 38.7 Å². The third kappa shape index (κ3) is 8.79. The van der Waals surface area contributed by atoms with Crippen molar-refractivity contribution in [2.45, 2.75) is 83.7 Å². The van der Waals surface area contributed by atoms with Crippen molar-refractivity contribution in [3.8, 4) is 0 Å². The highest BCUT2D eigenvalue weighted by atomic mass is 16.5. The molecule has 0 radical (unpaired) electrons. The monoisotopic (exact) mass is 364 g/mol. The molecular weight excluding hydrogens is 328 g/mol. The Labute approximate surface area is 158 Å². The van der Waals surface area contributed by atoms with Crippen LogP contribution < -0.4 is 0 Å². The van der Waals surface area contributed by atoms with Crippen LogP contribution in [0.15, 0.2) is 24.3 Å². The summed E-state index contributed by atoms with van der Waals surface area (Å²) in [5, 5.41) is 10.3. The molecule has 1 aliphatic carbocycles. The van der Waals surface area contributed by atoms with E-state index >= 15 is 0 Å². The number of ketones is 1.